The van der Waals surface area contributed by atoms with Crippen LogP contribution >= 0.6 is 0 Å². The van der Waals surface area contributed by atoms with Crippen molar-refractivity contribution in [3.8, 4) is 0 Å². The van der Waals surface area contributed by atoms with Crippen molar-refractivity contribution in [3.63, 3.8) is 0 Å². The number of nitrogens with zero attached hydrogens (tertiary/aromatic N) is 1. The zero-order valence-electron chi connectivity index (χ0n) is 9.73. The van der Waals surface area contributed by atoms with Gasteiger partial charge in [-0.2, -0.15) is 0 Å². The van der Waals surface area contributed by atoms with Gasteiger partial charge in [0.1, 0.15) is 0 Å². The summed E-state index contributed by atoms with van der Waals surface area (Å²) in [6, 6.07) is 1.07. The van der Waals surface area contributed by atoms with Crippen molar-refractivity contribution in [2.24, 2.45) is 5.92 Å². The van der Waals surface area contributed by atoms with Gasteiger partial charge in [-0.1, -0.05) is 12.5 Å². The Labute approximate surface area is 93.0 Å². The Morgan fingerprint density at radius 2 is 2.13 bits per heavy atom. The smallest absolute Gasteiger partial charge is 0.0583 e. The van der Waals surface area contributed by atoms with Crippen LogP contribution < -0.4 is 0 Å². The van der Waals surface area contributed by atoms with Gasteiger partial charge in [-0.3, -0.25) is 4.90 Å². The number of hydrogen-bond donors (Lipinski definition) is 1. The second kappa shape index (κ2) is 4.67. The van der Waals surface area contributed by atoms with E-state index in [-0.39, 0.29) is 6.10 Å². The highest BCUT2D eigenvalue weighted by Gasteiger charge is 2.39. The van der Waals surface area contributed by atoms with Crippen molar-refractivity contribution in [1.82, 2.24) is 4.90 Å². The highest BCUT2D eigenvalue weighted by atomic mass is 16.3. The van der Waals surface area contributed by atoms with Crippen LogP contribution in [0.1, 0.15) is 39.0 Å². The van der Waals surface area contributed by atoms with E-state index in [0.717, 1.165) is 6.42 Å². The summed E-state index contributed by atoms with van der Waals surface area (Å²) < 4.78 is 0. The fourth-order valence-corrected chi connectivity index (χ4v) is 3.33. The summed E-state index contributed by atoms with van der Waals surface area (Å²) in [6.07, 6.45) is 7.96. The molecule has 2 rings (SSSR count). The Morgan fingerprint density at radius 3 is 2.73 bits per heavy atom. The number of likely N-dealkylation sites (tertiary alicyclic amines) is 1. The Morgan fingerprint density at radius 1 is 1.33 bits per heavy atom. The second-order valence-corrected chi connectivity index (χ2v) is 5.09. The van der Waals surface area contributed by atoms with Gasteiger partial charge in [0.05, 0.1) is 6.10 Å². The molecule has 1 aliphatic carbocycles. The molecule has 2 aliphatic rings. The third-order valence-electron chi connectivity index (χ3n) is 4.23. The van der Waals surface area contributed by atoms with Gasteiger partial charge in [-0.15, -0.1) is 6.58 Å². The van der Waals surface area contributed by atoms with E-state index in [1.165, 1.54) is 32.2 Å². The van der Waals surface area contributed by atoms with Crippen molar-refractivity contribution in [1.29, 1.82) is 0 Å². The molecule has 1 saturated carbocycles. The molecule has 0 aromatic carbocycles. The lowest BCUT2D eigenvalue weighted by molar-refractivity contribution is 0.0673. The zero-order valence-corrected chi connectivity index (χ0v) is 9.73. The summed E-state index contributed by atoms with van der Waals surface area (Å²) in [5, 5.41) is 9.97. The molecule has 0 bridgehead atoms. The zero-order chi connectivity index (χ0) is 10.8. The Hall–Kier alpha value is -0.340. The van der Waals surface area contributed by atoms with Gasteiger partial charge >= 0.3 is 0 Å². The van der Waals surface area contributed by atoms with Gasteiger partial charge in [0.15, 0.2) is 0 Å². The highest BCUT2D eigenvalue weighted by Crippen LogP contribution is 2.36. The van der Waals surface area contributed by atoms with Crippen LogP contribution in [-0.4, -0.2) is 34.7 Å². The lowest BCUT2D eigenvalue weighted by atomic mass is 9.93. The van der Waals surface area contributed by atoms with Crippen molar-refractivity contribution in [2.75, 3.05) is 6.54 Å². The normalized spacial score (nSPS) is 39.5. The standard InChI is InChI=1S/C13H23NO/c1-3-10(2)14-9-5-7-12(14)11-6-4-8-13(11)15/h3,10-13,15H,1,4-9H2,2H3. The first-order valence-electron chi connectivity index (χ1n) is 6.30. The predicted octanol–water partition coefficient (Wildman–Crippen LogP) is 2.19. The molecule has 1 saturated heterocycles. The molecule has 0 aromatic rings. The summed E-state index contributed by atoms with van der Waals surface area (Å²) in [6.45, 7) is 7.28. The molecule has 0 aromatic heterocycles. The molecule has 2 nitrogen and oxygen atoms in total. The summed E-state index contributed by atoms with van der Waals surface area (Å²) >= 11 is 0. The summed E-state index contributed by atoms with van der Waals surface area (Å²) in [4.78, 5) is 2.53. The average molecular weight is 209 g/mol. The van der Waals surface area contributed by atoms with E-state index >= 15 is 0 Å². The minimum absolute atomic E-state index is 0.0485. The van der Waals surface area contributed by atoms with Crippen LogP contribution in [0.15, 0.2) is 12.7 Å². The van der Waals surface area contributed by atoms with Crippen LogP contribution in [0.25, 0.3) is 0 Å². The van der Waals surface area contributed by atoms with Gasteiger partial charge < -0.3 is 5.11 Å². The van der Waals surface area contributed by atoms with Crippen LogP contribution in [0.2, 0.25) is 0 Å². The molecule has 1 heterocycles. The molecular formula is C13H23NO. The maximum Gasteiger partial charge on any atom is 0.0583 e. The van der Waals surface area contributed by atoms with E-state index in [2.05, 4.69) is 18.4 Å². The first-order valence-corrected chi connectivity index (χ1v) is 6.30. The third kappa shape index (κ3) is 2.11. The summed E-state index contributed by atoms with van der Waals surface area (Å²) in [7, 11) is 0. The van der Waals surface area contributed by atoms with Crippen molar-refractivity contribution in [3.05, 3.63) is 12.7 Å². The van der Waals surface area contributed by atoms with Crippen LogP contribution in [0.4, 0.5) is 0 Å². The van der Waals surface area contributed by atoms with Crippen LogP contribution in [0.5, 0.6) is 0 Å². The minimum Gasteiger partial charge on any atom is -0.393 e. The van der Waals surface area contributed by atoms with Crippen LogP contribution in [-0.2, 0) is 0 Å². The van der Waals surface area contributed by atoms with Gasteiger partial charge in [-0.05, 0) is 39.2 Å². The molecular weight excluding hydrogens is 186 g/mol. The lowest BCUT2D eigenvalue weighted by Crippen LogP contribution is -2.42. The largest absolute Gasteiger partial charge is 0.393 e. The summed E-state index contributed by atoms with van der Waals surface area (Å²) in [5.41, 5.74) is 0. The first kappa shape index (κ1) is 11.2. The van der Waals surface area contributed by atoms with Gasteiger partial charge in [-0.25, -0.2) is 0 Å². The maximum absolute atomic E-state index is 9.97. The number of rotatable bonds is 3. The van der Waals surface area contributed by atoms with Crippen molar-refractivity contribution >= 4 is 0 Å². The van der Waals surface area contributed by atoms with Crippen molar-refractivity contribution in [2.45, 2.75) is 57.2 Å². The fraction of sp³-hybridized carbons (Fsp3) is 0.846. The Bertz CT molecular complexity index is 229. The van der Waals surface area contributed by atoms with E-state index in [4.69, 9.17) is 0 Å². The highest BCUT2D eigenvalue weighted by molar-refractivity contribution is 4.97. The maximum atomic E-state index is 9.97. The quantitative estimate of drug-likeness (QED) is 0.720. The van der Waals surface area contributed by atoms with Gasteiger partial charge in [0.25, 0.3) is 0 Å². The molecule has 1 N–H and O–H groups in total. The average Bonchev–Trinajstić information content (AvgIpc) is 2.84. The first-order chi connectivity index (χ1) is 7.24. The van der Waals surface area contributed by atoms with Gasteiger partial charge in [0, 0.05) is 18.0 Å². The summed E-state index contributed by atoms with van der Waals surface area (Å²) in [5.74, 6) is 0.523. The molecule has 4 atom stereocenters. The molecule has 0 spiro atoms. The predicted molar refractivity (Wildman–Crippen MR) is 62.7 cm³/mol. The molecule has 1 aliphatic heterocycles. The monoisotopic (exact) mass is 209 g/mol. The molecule has 86 valence electrons. The molecule has 4 unspecified atom stereocenters. The SMILES string of the molecule is C=CC(C)N1CCCC1C1CCCC1O. The molecule has 0 radical (unpaired) electrons. The van der Waals surface area contributed by atoms with E-state index in [9.17, 15) is 5.11 Å². The Balaban J connectivity index is 2.03. The fourth-order valence-electron chi connectivity index (χ4n) is 3.33. The minimum atomic E-state index is -0.0485. The second-order valence-electron chi connectivity index (χ2n) is 5.09. The van der Waals surface area contributed by atoms with E-state index in [0.29, 0.717) is 18.0 Å². The Kier molecular flexibility index (Phi) is 3.47. The third-order valence-corrected chi connectivity index (χ3v) is 4.23. The molecule has 2 fully saturated rings. The van der Waals surface area contributed by atoms with E-state index in [1.54, 1.807) is 0 Å². The molecule has 15 heavy (non-hydrogen) atoms. The van der Waals surface area contributed by atoms with E-state index in [1.807, 2.05) is 6.08 Å². The lowest BCUT2D eigenvalue weighted by Gasteiger charge is -2.34. The molecule has 2 heteroatoms. The number of hydrogen-bond acceptors (Lipinski definition) is 2. The topological polar surface area (TPSA) is 23.5 Å². The number of aliphatic hydroxyl groups is 1. The van der Waals surface area contributed by atoms with Crippen LogP contribution in [0.3, 0.4) is 0 Å². The van der Waals surface area contributed by atoms with Crippen LogP contribution in [0, 0.1) is 5.92 Å². The number of aliphatic hydroxyl groups excluding tert-OH is 1. The van der Waals surface area contributed by atoms with Crippen molar-refractivity contribution < 1.29 is 5.11 Å². The van der Waals surface area contributed by atoms with Gasteiger partial charge in [0.2, 0.25) is 0 Å². The van der Waals surface area contributed by atoms with E-state index < -0.39 is 0 Å². The molecule has 0 amide bonds.